The molecule has 0 aliphatic heterocycles. The highest BCUT2D eigenvalue weighted by molar-refractivity contribution is 5.68. The largest absolute Gasteiger partial charge is 0.444 e. The molecule has 1 amide bonds. The average molecular weight is 243 g/mol. The van der Waals surface area contributed by atoms with E-state index in [1.54, 1.807) is 11.9 Å². The van der Waals surface area contributed by atoms with Crippen LogP contribution in [0.3, 0.4) is 0 Å². The molecule has 0 spiro atoms. The fourth-order valence-corrected chi connectivity index (χ4v) is 2.20. The van der Waals surface area contributed by atoms with Crippen LogP contribution in [-0.2, 0) is 4.74 Å². The third-order valence-electron chi connectivity index (χ3n) is 3.30. The maximum absolute atomic E-state index is 11.9. The Morgan fingerprint density at radius 1 is 1.29 bits per heavy atom. The summed E-state index contributed by atoms with van der Waals surface area (Å²) in [6, 6.07) is 0.257. The summed E-state index contributed by atoms with van der Waals surface area (Å²) in [4.78, 5) is 13.6. The van der Waals surface area contributed by atoms with Crippen molar-refractivity contribution in [2.24, 2.45) is 5.92 Å². The van der Waals surface area contributed by atoms with Crippen molar-refractivity contribution >= 4 is 6.09 Å². The van der Waals surface area contributed by atoms with Gasteiger partial charge in [0.15, 0.2) is 0 Å². The van der Waals surface area contributed by atoms with Crippen LogP contribution in [0.25, 0.3) is 0 Å². The van der Waals surface area contributed by atoms with Gasteiger partial charge in [-0.25, -0.2) is 4.79 Å². The van der Waals surface area contributed by atoms with Crippen molar-refractivity contribution in [3.63, 3.8) is 0 Å². The summed E-state index contributed by atoms with van der Waals surface area (Å²) < 4.78 is 5.34. The molecule has 17 heavy (non-hydrogen) atoms. The Kier molecular flexibility index (Phi) is 4.80. The molecule has 0 heterocycles. The zero-order valence-corrected chi connectivity index (χ0v) is 11.4. The topological polar surface area (TPSA) is 49.8 Å². The fourth-order valence-electron chi connectivity index (χ4n) is 2.20. The molecule has 0 bridgehead atoms. The number of aliphatic hydroxyl groups is 1. The first-order valence-electron chi connectivity index (χ1n) is 6.40. The average Bonchev–Trinajstić information content (AvgIpc) is 2.26. The van der Waals surface area contributed by atoms with Crippen LogP contribution in [-0.4, -0.2) is 41.4 Å². The van der Waals surface area contributed by atoms with E-state index in [0.717, 1.165) is 25.7 Å². The molecule has 0 atom stereocenters. The van der Waals surface area contributed by atoms with E-state index in [0.29, 0.717) is 5.92 Å². The second-order valence-corrected chi connectivity index (χ2v) is 5.95. The van der Waals surface area contributed by atoms with E-state index in [-0.39, 0.29) is 18.7 Å². The minimum absolute atomic E-state index is 0.245. The first-order chi connectivity index (χ1) is 7.83. The predicted octanol–water partition coefficient (Wildman–Crippen LogP) is 2.40. The molecule has 1 saturated carbocycles. The number of ether oxygens (including phenoxy) is 1. The zero-order chi connectivity index (χ0) is 13.1. The molecule has 0 aromatic heterocycles. The molecule has 0 unspecified atom stereocenters. The van der Waals surface area contributed by atoms with Crippen LogP contribution in [0.1, 0.15) is 46.5 Å². The van der Waals surface area contributed by atoms with E-state index in [1.165, 1.54) is 0 Å². The minimum atomic E-state index is -0.437. The molecular formula is C13H25NO3. The lowest BCUT2D eigenvalue weighted by Gasteiger charge is -2.35. The van der Waals surface area contributed by atoms with Crippen molar-refractivity contribution in [2.45, 2.75) is 58.1 Å². The molecular weight excluding hydrogens is 218 g/mol. The van der Waals surface area contributed by atoms with Crippen molar-refractivity contribution < 1.29 is 14.6 Å². The zero-order valence-electron chi connectivity index (χ0n) is 11.4. The lowest BCUT2D eigenvalue weighted by atomic mass is 9.86. The monoisotopic (exact) mass is 243 g/mol. The van der Waals surface area contributed by atoms with E-state index in [9.17, 15) is 4.79 Å². The SMILES string of the molecule is CN(C(=O)OC(C)(C)C)[C@H]1CC[C@@H](CO)CC1. The maximum Gasteiger partial charge on any atom is 0.410 e. The van der Waals surface area contributed by atoms with Crippen molar-refractivity contribution in [2.75, 3.05) is 13.7 Å². The van der Waals surface area contributed by atoms with Gasteiger partial charge in [0, 0.05) is 19.7 Å². The quantitative estimate of drug-likeness (QED) is 0.810. The van der Waals surface area contributed by atoms with E-state index < -0.39 is 5.60 Å². The number of rotatable bonds is 2. The molecule has 0 saturated heterocycles. The van der Waals surface area contributed by atoms with E-state index >= 15 is 0 Å². The van der Waals surface area contributed by atoms with Gasteiger partial charge in [-0.1, -0.05) is 0 Å². The van der Waals surface area contributed by atoms with Crippen LogP contribution in [0.5, 0.6) is 0 Å². The van der Waals surface area contributed by atoms with Gasteiger partial charge in [-0.2, -0.15) is 0 Å². The third-order valence-corrected chi connectivity index (χ3v) is 3.30. The number of carbonyl (C=O) groups excluding carboxylic acids is 1. The highest BCUT2D eigenvalue weighted by Gasteiger charge is 2.28. The number of carbonyl (C=O) groups is 1. The van der Waals surface area contributed by atoms with Crippen LogP contribution < -0.4 is 0 Å². The number of aliphatic hydroxyl groups excluding tert-OH is 1. The maximum atomic E-state index is 11.9. The van der Waals surface area contributed by atoms with Crippen LogP contribution in [0, 0.1) is 5.92 Å². The van der Waals surface area contributed by atoms with Crippen molar-refractivity contribution in [3.8, 4) is 0 Å². The Labute approximate surface area is 104 Å². The summed E-state index contributed by atoms with van der Waals surface area (Å²) in [6.07, 6.45) is 3.66. The van der Waals surface area contributed by atoms with E-state index in [2.05, 4.69) is 0 Å². The molecule has 100 valence electrons. The van der Waals surface area contributed by atoms with E-state index in [4.69, 9.17) is 9.84 Å². The van der Waals surface area contributed by atoms with Gasteiger partial charge in [-0.15, -0.1) is 0 Å². The first-order valence-corrected chi connectivity index (χ1v) is 6.40. The Bertz CT molecular complexity index is 252. The van der Waals surface area contributed by atoms with Crippen LogP contribution in [0.2, 0.25) is 0 Å². The van der Waals surface area contributed by atoms with Gasteiger partial charge in [0.25, 0.3) is 0 Å². The summed E-state index contributed by atoms with van der Waals surface area (Å²) >= 11 is 0. The summed E-state index contributed by atoms with van der Waals surface area (Å²) in [5.41, 5.74) is -0.437. The Balaban J connectivity index is 2.43. The first kappa shape index (κ1) is 14.3. The van der Waals surface area contributed by atoms with Gasteiger partial charge < -0.3 is 14.7 Å². The lowest BCUT2D eigenvalue weighted by molar-refractivity contribution is 0.0161. The summed E-state index contributed by atoms with van der Waals surface area (Å²) in [5, 5.41) is 9.07. The van der Waals surface area contributed by atoms with Crippen molar-refractivity contribution in [3.05, 3.63) is 0 Å². The minimum Gasteiger partial charge on any atom is -0.444 e. The number of nitrogens with zero attached hydrogens (tertiary/aromatic N) is 1. The Hall–Kier alpha value is -0.770. The normalized spacial score (nSPS) is 25.5. The number of hydrogen-bond acceptors (Lipinski definition) is 3. The second-order valence-electron chi connectivity index (χ2n) is 5.95. The molecule has 1 aliphatic rings. The van der Waals surface area contributed by atoms with Gasteiger partial charge in [-0.05, 0) is 52.4 Å². The molecule has 1 fully saturated rings. The van der Waals surface area contributed by atoms with Crippen molar-refractivity contribution in [1.82, 2.24) is 4.90 Å². The lowest BCUT2D eigenvalue weighted by Crippen LogP contribution is -2.42. The number of hydrogen-bond donors (Lipinski definition) is 1. The molecule has 1 N–H and O–H groups in total. The third kappa shape index (κ3) is 4.54. The molecule has 4 nitrogen and oxygen atoms in total. The Morgan fingerprint density at radius 3 is 2.24 bits per heavy atom. The molecule has 1 aliphatic carbocycles. The highest BCUT2D eigenvalue weighted by Crippen LogP contribution is 2.27. The van der Waals surface area contributed by atoms with Crippen LogP contribution >= 0.6 is 0 Å². The highest BCUT2D eigenvalue weighted by atomic mass is 16.6. The molecule has 0 radical (unpaired) electrons. The second kappa shape index (κ2) is 5.71. The molecule has 4 heteroatoms. The Morgan fingerprint density at radius 2 is 1.82 bits per heavy atom. The summed E-state index contributed by atoms with van der Waals surface area (Å²) in [5.74, 6) is 0.415. The summed E-state index contributed by atoms with van der Waals surface area (Å²) in [7, 11) is 1.80. The standard InChI is InChI=1S/C13H25NO3/c1-13(2,3)17-12(16)14(4)11-7-5-10(9-15)6-8-11/h10-11,15H,5-9H2,1-4H3/t10-,11+. The van der Waals surface area contributed by atoms with Gasteiger partial charge in [0.1, 0.15) is 5.60 Å². The molecule has 0 aromatic rings. The van der Waals surface area contributed by atoms with Gasteiger partial charge in [0.05, 0.1) is 0 Å². The van der Waals surface area contributed by atoms with Gasteiger partial charge in [0.2, 0.25) is 0 Å². The van der Waals surface area contributed by atoms with Crippen LogP contribution in [0.15, 0.2) is 0 Å². The fraction of sp³-hybridized carbons (Fsp3) is 0.923. The van der Waals surface area contributed by atoms with Crippen LogP contribution in [0.4, 0.5) is 4.79 Å². The number of amides is 1. The smallest absolute Gasteiger partial charge is 0.410 e. The molecule has 0 aromatic carbocycles. The summed E-state index contributed by atoms with van der Waals surface area (Å²) in [6.45, 7) is 5.90. The predicted molar refractivity (Wildman–Crippen MR) is 66.8 cm³/mol. The van der Waals surface area contributed by atoms with E-state index in [1.807, 2.05) is 20.8 Å². The van der Waals surface area contributed by atoms with Gasteiger partial charge in [-0.3, -0.25) is 0 Å². The van der Waals surface area contributed by atoms with Gasteiger partial charge >= 0.3 is 6.09 Å². The molecule has 1 rings (SSSR count). The van der Waals surface area contributed by atoms with Crippen molar-refractivity contribution in [1.29, 1.82) is 0 Å².